The molecular formula is C32H33N3O6S. The number of nitrogens with zero attached hydrogens (tertiary/aromatic N) is 3. The van der Waals surface area contributed by atoms with Crippen molar-refractivity contribution in [2.75, 3.05) is 39.4 Å². The van der Waals surface area contributed by atoms with Crippen molar-refractivity contribution >= 4 is 15.7 Å². The zero-order chi connectivity index (χ0) is 29.4. The van der Waals surface area contributed by atoms with Crippen LogP contribution in [-0.2, 0) is 16.3 Å². The van der Waals surface area contributed by atoms with Crippen LogP contribution in [0.1, 0.15) is 45.7 Å². The highest BCUT2D eigenvalue weighted by Crippen LogP contribution is 2.45. The molecule has 4 aromatic rings. The van der Waals surface area contributed by atoms with Crippen LogP contribution in [0, 0.1) is 0 Å². The number of hydrogen-bond donors (Lipinski definition) is 0. The molecule has 1 aromatic heterocycles. The molecule has 1 fully saturated rings. The summed E-state index contributed by atoms with van der Waals surface area (Å²) in [7, 11) is 1.61. The lowest BCUT2D eigenvalue weighted by atomic mass is 9.96. The average molecular weight is 588 g/mol. The Labute approximate surface area is 245 Å². The number of rotatable bonds is 9. The van der Waals surface area contributed by atoms with E-state index in [1.807, 2.05) is 77.7 Å². The van der Waals surface area contributed by atoms with Gasteiger partial charge in [0.15, 0.2) is 21.3 Å². The molecule has 9 nitrogen and oxygen atoms in total. The van der Waals surface area contributed by atoms with E-state index in [0.717, 1.165) is 22.3 Å². The number of ether oxygens (including phenoxy) is 3. The number of carbonyl (C=O) groups excluding carboxylic acids is 1. The second-order valence-corrected chi connectivity index (χ2v) is 12.8. The molecule has 42 heavy (non-hydrogen) atoms. The van der Waals surface area contributed by atoms with Gasteiger partial charge in [-0.15, -0.1) is 0 Å². The number of methoxy groups -OCH3 is 3. The molecule has 0 radical (unpaired) electrons. The molecule has 0 bridgehead atoms. The molecule has 1 amide bonds. The lowest BCUT2D eigenvalue weighted by Gasteiger charge is -2.27. The standard InChI is InChI=1S/C32H33N3O6S/c1-39-25-12-10-22(11-13-25)29-28-30(23-7-5-4-6-8-23)34(17-15-21-9-14-26(40-2)27(19-21)41-3)32(36)31(28)35(33-29)24-16-18-42(37,38)20-24/h4-14,19,24,30H,15-18,20H2,1-3H3/t24-,30+/m0/s1. The Balaban J connectivity index is 1.46. The Morgan fingerprint density at radius 1 is 0.905 bits per heavy atom. The summed E-state index contributed by atoms with van der Waals surface area (Å²) in [4.78, 5) is 16.2. The topological polar surface area (TPSA) is 100.0 Å². The van der Waals surface area contributed by atoms with Gasteiger partial charge in [0.1, 0.15) is 11.4 Å². The molecule has 1 saturated heterocycles. The molecule has 0 aliphatic carbocycles. The molecular weight excluding hydrogens is 554 g/mol. The molecule has 0 spiro atoms. The summed E-state index contributed by atoms with van der Waals surface area (Å²) >= 11 is 0. The molecule has 6 rings (SSSR count). The van der Waals surface area contributed by atoms with Crippen LogP contribution in [0.25, 0.3) is 11.3 Å². The third-order valence-corrected chi connectivity index (χ3v) is 9.87. The predicted octanol–water partition coefficient (Wildman–Crippen LogP) is 4.72. The van der Waals surface area contributed by atoms with Crippen molar-refractivity contribution in [3.8, 4) is 28.5 Å². The van der Waals surface area contributed by atoms with Crippen LogP contribution in [0.3, 0.4) is 0 Å². The van der Waals surface area contributed by atoms with E-state index in [0.29, 0.717) is 48.0 Å². The minimum atomic E-state index is -3.21. The first kappa shape index (κ1) is 27.8. The van der Waals surface area contributed by atoms with Gasteiger partial charge in [0.05, 0.1) is 50.6 Å². The van der Waals surface area contributed by atoms with Gasteiger partial charge in [-0.3, -0.25) is 9.48 Å². The van der Waals surface area contributed by atoms with Crippen LogP contribution < -0.4 is 14.2 Å². The van der Waals surface area contributed by atoms with Crippen molar-refractivity contribution in [1.29, 1.82) is 0 Å². The first-order valence-corrected chi connectivity index (χ1v) is 15.7. The van der Waals surface area contributed by atoms with Crippen LogP contribution in [0.15, 0.2) is 72.8 Å². The van der Waals surface area contributed by atoms with E-state index in [2.05, 4.69) is 0 Å². The van der Waals surface area contributed by atoms with Crippen molar-refractivity contribution in [2.45, 2.75) is 24.9 Å². The van der Waals surface area contributed by atoms with E-state index >= 15 is 0 Å². The van der Waals surface area contributed by atoms with E-state index < -0.39 is 21.9 Å². The molecule has 0 saturated carbocycles. The molecule has 2 atom stereocenters. The van der Waals surface area contributed by atoms with Crippen LogP contribution in [0.4, 0.5) is 0 Å². The van der Waals surface area contributed by atoms with Crippen molar-refractivity contribution in [3.05, 3.63) is 95.2 Å². The number of aromatic nitrogens is 2. The summed E-state index contributed by atoms with van der Waals surface area (Å²) in [6.45, 7) is 0.438. The van der Waals surface area contributed by atoms with Crippen molar-refractivity contribution in [1.82, 2.24) is 14.7 Å². The van der Waals surface area contributed by atoms with Gasteiger partial charge < -0.3 is 19.1 Å². The number of benzene rings is 3. The van der Waals surface area contributed by atoms with Gasteiger partial charge in [-0.2, -0.15) is 5.10 Å². The summed E-state index contributed by atoms with van der Waals surface area (Å²) in [5, 5.41) is 4.96. The Morgan fingerprint density at radius 2 is 1.64 bits per heavy atom. The largest absolute Gasteiger partial charge is 0.497 e. The van der Waals surface area contributed by atoms with E-state index in [4.69, 9.17) is 19.3 Å². The summed E-state index contributed by atoms with van der Waals surface area (Å²) < 4.78 is 42.9. The highest BCUT2D eigenvalue weighted by molar-refractivity contribution is 7.91. The Bertz CT molecular complexity index is 1720. The maximum atomic E-state index is 14.4. The van der Waals surface area contributed by atoms with Gasteiger partial charge in [0, 0.05) is 17.7 Å². The summed E-state index contributed by atoms with van der Waals surface area (Å²) in [5.74, 6) is 1.89. The van der Waals surface area contributed by atoms with E-state index in [9.17, 15) is 13.2 Å². The van der Waals surface area contributed by atoms with Crippen molar-refractivity contribution in [2.24, 2.45) is 0 Å². The van der Waals surface area contributed by atoms with Gasteiger partial charge in [0.25, 0.3) is 5.91 Å². The fourth-order valence-electron chi connectivity index (χ4n) is 6.02. The van der Waals surface area contributed by atoms with Gasteiger partial charge in [-0.1, -0.05) is 36.4 Å². The molecule has 218 valence electrons. The first-order valence-electron chi connectivity index (χ1n) is 13.9. The monoisotopic (exact) mass is 587 g/mol. The van der Waals surface area contributed by atoms with Crippen molar-refractivity contribution < 1.29 is 27.4 Å². The number of amides is 1. The summed E-state index contributed by atoms with van der Waals surface area (Å²) in [6.07, 6.45) is 1.01. The number of carbonyl (C=O) groups is 1. The highest BCUT2D eigenvalue weighted by atomic mass is 32.2. The summed E-state index contributed by atoms with van der Waals surface area (Å²) in [5.41, 5.74) is 4.74. The maximum absolute atomic E-state index is 14.4. The lowest BCUT2D eigenvalue weighted by Crippen LogP contribution is -2.32. The zero-order valence-corrected chi connectivity index (χ0v) is 24.6. The normalized spacial score (nSPS) is 19.1. The number of sulfone groups is 1. The third-order valence-electron chi connectivity index (χ3n) is 8.12. The van der Waals surface area contributed by atoms with Crippen molar-refractivity contribution in [3.63, 3.8) is 0 Å². The molecule has 2 aliphatic rings. The highest BCUT2D eigenvalue weighted by Gasteiger charge is 2.46. The fourth-order valence-corrected chi connectivity index (χ4v) is 7.71. The average Bonchev–Trinajstić information content (AvgIpc) is 3.67. The molecule has 2 aliphatic heterocycles. The van der Waals surface area contributed by atoms with Crippen LogP contribution >= 0.6 is 0 Å². The SMILES string of the molecule is COc1ccc(-c2nn([C@H]3CCS(=O)(=O)C3)c3c2[C@@H](c2ccccc2)N(CCc2ccc(OC)c(OC)c2)C3=O)cc1. The Hall–Kier alpha value is -4.31. The Kier molecular flexibility index (Phi) is 7.40. The molecule has 3 aromatic carbocycles. The number of hydrogen-bond acceptors (Lipinski definition) is 7. The Morgan fingerprint density at radius 3 is 2.29 bits per heavy atom. The van der Waals surface area contributed by atoms with Crippen LogP contribution in [0.5, 0.6) is 17.2 Å². The minimum absolute atomic E-state index is 0.0297. The van der Waals surface area contributed by atoms with Gasteiger partial charge in [0.2, 0.25) is 0 Å². The predicted molar refractivity (Wildman–Crippen MR) is 159 cm³/mol. The zero-order valence-electron chi connectivity index (χ0n) is 23.8. The van der Waals surface area contributed by atoms with E-state index in [-0.39, 0.29) is 17.4 Å². The molecule has 0 N–H and O–H groups in total. The second-order valence-electron chi connectivity index (χ2n) is 10.6. The quantitative estimate of drug-likeness (QED) is 0.279. The van der Waals surface area contributed by atoms with E-state index in [1.54, 1.807) is 26.0 Å². The van der Waals surface area contributed by atoms with E-state index in [1.165, 1.54) is 0 Å². The molecule has 10 heteroatoms. The smallest absolute Gasteiger partial charge is 0.273 e. The van der Waals surface area contributed by atoms with Gasteiger partial charge in [-0.25, -0.2) is 8.42 Å². The minimum Gasteiger partial charge on any atom is -0.497 e. The first-order chi connectivity index (χ1) is 20.3. The van der Waals surface area contributed by atoms with Crippen LogP contribution in [-0.4, -0.2) is 68.4 Å². The maximum Gasteiger partial charge on any atom is 0.273 e. The summed E-state index contributed by atoms with van der Waals surface area (Å²) in [6, 6.07) is 22.5. The fraction of sp³-hybridized carbons (Fsp3) is 0.312. The third kappa shape index (κ3) is 5.00. The number of fused-ring (bicyclic) bond motifs is 1. The van der Waals surface area contributed by atoms with Crippen LogP contribution in [0.2, 0.25) is 0 Å². The van der Waals surface area contributed by atoms with Gasteiger partial charge in [-0.05, 0) is 60.4 Å². The second kappa shape index (κ2) is 11.2. The molecule has 3 heterocycles. The molecule has 0 unspecified atom stereocenters. The van der Waals surface area contributed by atoms with Gasteiger partial charge >= 0.3 is 0 Å². The lowest BCUT2D eigenvalue weighted by molar-refractivity contribution is 0.0738.